The maximum absolute atomic E-state index is 13.3. The van der Waals surface area contributed by atoms with Crippen molar-refractivity contribution in [1.82, 2.24) is 4.57 Å². The molecule has 0 spiro atoms. The van der Waals surface area contributed by atoms with Gasteiger partial charge in [-0.05, 0) is 43.7 Å². The largest absolute Gasteiger partial charge is 0.349 e. The van der Waals surface area contributed by atoms with Gasteiger partial charge in [0.2, 0.25) is 0 Å². The number of nitrogens with zero attached hydrogens (tertiary/aromatic N) is 1. The summed E-state index contributed by atoms with van der Waals surface area (Å²) in [6.45, 7) is 4.48. The molecule has 0 atom stereocenters. The molecular formula is C14H18FN3O2S. The summed E-state index contributed by atoms with van der Waals surface area (Å²) in [4.78, 5) is 0.117. The van der Waals surface area contributed by atoms with Gasteiger partial charge in [0.25, 0.3) is 10.0 Å². The zero-order chi connectivity index (χ0) is 15.6. The predicted molar refractivity (Wildman–Crippen MR) is 79.9 cm³/mol. The molecule has 2 aromatic rings. The van der Waals surface area contributed by atoms with Crippen molar-refractivity contribution < 1.29 is 12.8 Å². The van der Waals surface area contributed by atoms with Crippen LogP contribution in [-0.2, 0) is 23.1 Å². The average molecular weight is 311 g/mol. The van der Waals surface area contributed by atoms with Crippen LogP contribution < -0.4 is 10.5 Å². The van der Waals surface area contributed by atoms with E-state index >= 15 is 0 Å². The van der Waals surface area contributed by atoms with Gasteiger partial charge in [-0.3, -0.25) is 4.72 Å². The van der Waals surface area contributed by atoms with Gasteiger partial charge in [-0.1, -0.05) is 0 Å². The number of hydrogen-bond acceptors (Lipinski definition) is 3. The second-order valence-corrected chi connectivity index (χ2v) is 6.46. The fourth-order valence-corrected chi connectivity index (χ4v) is 3.25. The molecule has 1 aromatic carbocycles. The summed E-state index contributed by atoms with van der Waals surface area (Å²) in [5.74, 6) is -0.485. The third-order valence-corrected chi connectivity index (χ3v) is 4.46. The number of rotatable bonds is 5. The molecule has 114 valence electrons. The number of aryl methyl sites for hydroxylation is 2. The second-order valence-electron chi connectivity index (χ2n) is 4.78. The molecule has 21 heavy (non-hydrogen) atoms. The normalized spacial score (nSPS) is 11.6. The van der Waals surface area contributed by atoms with E-state index in [0.717, 1.165) is 11.8 Å². The van der Waals surface area contributed by atoms with Crippen LogP contribution in [0.5, 0.6) is 0 Å². The number of anilines is 1. The monoisotopic (exact) mass is 311 g/mol. The number of nitrogens with one attached hydrogen (secondary N) is 1. The summed E-state index contributed by atoms with van der Waals surface area (Å²) >= 11 is 0. The Morgan fingerprint density at radius 3 is 2.52 bits per heavy atom. The third-order valence-electron chi connectivity index (χ3n) is 3.12. The minimum absolute atomic E-state index is 0.117. The van der Waals surface area contributed by atoms with Crippen molar-refractivity contribution >= 4 is 15.7 Å². The van der Waals surface area contributed by atoms with Gasteiger partial charge in [0.1, 0.15) is 10.7 Å². The summed E-state index contributed by atoms with van der Waals surface area (Å²) < 4.78 is 42.1. The maximum atomic E-state index is 13.3. The Labute approximate surface area is 123 Å². The van der Waals surface area contributed by atoms with Crippen LogP contribution in [0.15, 0.2) is 35.4 Å². The molecular weight excluding hydrogens is 293 g/mol. The van der Waals surface area contributed by atoms with Crippen LogP contribution in [0.25, 0.3) is 0 Å². The molecule has 7 heteroatoms. The van der Waals surface area contributed by atoms with Crippen molar-refractivity contribution in [2.75, 3.05) is 4.72 Å². The zero-order valence-electron chi connectivity index (χ0n) is 11.9. The first-order valence-electron chi connectivity index (χ1n) is 6.55. The first kappa shape index (κ1) is 15.5. The minimum atomic E-state index is -3.76. The van der Waals surface area contributed by atoms with E-state index in [-0.39, 0.29) is 17.1 Å². The molecule has 0 aliphatic heterocycles. The Bertz CT molecular complexity index is 712. The lowest BCUT2D eigenvalue weighted by Crippen LogP contribution is -2.12. The standard InChI is InChI=1S/C14H18FN3O2S/c1-3-18-9-14(7-13(18)8-16)21(19,20)17-12-5-10(2)4-11(15)6-12/h4-7,9,17H,3,8,16H2,1-2H3. The zero-order valence-corrected chi connectivity index (χ0v) is 12.7. The van der Waals surface area contributed by atoms with E-state index in [2.05, 4.69) is 4.72 Å². The third kappa shape index (κ3) is 3.43. The first-order valence-corrected chi connectivity index (χ1v) is 8.03. The SMILES string of the molecule is CCn1cc(S(=O)(=O)Nc2cc(C)cc(F)c2)cc1CN. The molecule has 0 amide bonds. The van der Waals surface area contributed by atoms with Crippen LogP contribution in [0.3, 0.4) is 0 Å². The molecule has 0 radical (unpaired) electrons. The van der Waals surface area contributed by atoms with E-state index in [1.807, 2.05) is 6.92 Å². The van der Waals surface area contributed by atoms with Gasteiger partial charge >= 0.3 is 0 Å². The molecule has 0 saturated carbocycles. The molecule has 5 nitrogen and oxygen atoms in total. The Hall–Kier alpha value is -1.86. The van der Waals surface area contributed by atoms with Gasteiger partial charge in [-0.25, -0.2) is 12.8 Å². The molecule has 0 saturated heterocycles. The van der Waals surface area contributed by atoms with Crippen LogP contribution in [0.2, 0.25) is 0 Å². The summed E-state index contributed by atoms with van der Waals surface area (Å²) in [7, 11) is -3.76. The average Bonchev–Trinajstić information content (AvgIpc) is 2.80. The number of halogens is 1. The highest BCUT2D eigenvalue weighted by atomic mass is 32.2. The lowest BCUT2D eigenvalue weighted by Gasteiger charge is -2.07. The lowest BCUT2D eigenvalue weighted by atomic mass is 10.2. The number of benzene rings is 1. The minimum Gasteiger partial charge on any atom is -0.349 e. The molecule has 1 heterocycles. The summed E-state index contributed by atoms with van der Waals surface area (Å²) in [5.41, 5.74) is 7.16. The molecule has 2 rings (SSSR count). The molecule has 3 N–H and O–H groups in total. The Kier molecular flexibility index (Phi) is 4.34. The number of sulfonamides is 1. The van der Waals surface area contributed by atoms with Crippen molar-refractivity contribution in [2.24, 2.45) is 5.73 Å². The van der Waals surface area contributed by atoms with Crippen LogP contribution in [0.1, 0.15) is 18.2 Å². The smallest absolute Gasteiger partial charge is 0.263 e. The van der Waals surface area contributed by atoms with Gasteiger partial charge in [0.15, 0.2) is 0 Å². The number of aromatic nitrogens is 1. The summed E-state index contributed by atoms with van der Waals surface area (Å²) in [6.07, 6.45) is 1.52. The van der Waals surface area contributed by atoms with Gasteiger partial charge in [-0.2, -0.15) is 0 Å². The van der Waals surface area contributed by atoms with Crippen molar-refractivity contribution in [2.45, 2.75) is 31.8 Å². The van der Waals surface area contributed by atoms with Crippen LogP contribution in [0, 0.1) is 12.7 Å². The van der Waals surface area contributed by atoms with Crippen LogP contribution in [-0.4, -0.2) is 13.0 Å². The second kappa shape index (κ2) is 5.87. The Balaban J connectivity index is 2.35. The van der Waals surface area contributed by atoms with Crippen LogP contribution >= 0.6 is 0 Å². The molecule has 0 fully saturated rings. The summed E-state index contributed by atoms with van der Waals surface area (Å²) in [6, 6.07) is 5.57. The van der Waals surface area contributed by atoms with Gasteiger partial charge in [0.05, 0.1) is 5.69 Å². The van der Waals surface area contributed by atoms with Crippen molar-refractivity contribution in [1.29, 1.82) is 0 Å². The molecule has 0 aliphatic rings. The van der Waals surface area contributed by atoms with E-state index < -0.39 is 15.8 Å². The van der Waals surface area contributed by atoms with E-state index in [9.17, 15) is 12.8 Å². The Morgan fingerprint density at radius 1 is 1.29 bits per heavy atom. The van der Waals surface area contributed by atoms with E-state index in [0.29, 0.717) is 12.1 Å². The molecule has 1 aromatic heterocycles. The highest BCUT2D eigenvalue weighted by molar-refractivity contribution is 7.92. The fraction of sp³-hybridized carbons (Fsp3) is 0.286. The van der Waals surface area contributed by atoms with Gasteiger partial charge in [-0.15, -0.1) is 0 Å². The molecule has 0 bridgehead atoms. The first-order chi connectivity index (χ1) is 9.85. The highest BCUT2D eigenvalue weighted by Gasteiger charge is 2.18. The van der Waals surface area contributed by atoms with Crippen molar-refractivity contribution in [3.8, 4) is 0 Å². The van der Waals surface area contributed by atoms with E-state index in [4.69, 9.17) is 5.73 Å². The quantitative estimate of drug-likeness (QED) is 0.889. The summed E-state index contributed by atoms with van der Waals surface area (Å²) in [5, 5.41) is 0. The predicted octanol–water partition coefficient (Wildman–Crippen LogP) is 2.22. The fourth-order valence-electron chi connectivity index (χ4n) is 2.15. The van der Waals surface area contributed by atoms with Crippen molar-refractivity contribution in [3.63, 3.8) is 0 Å². The Morgan fingerprint density at radius 2 is 2.00 bits per heavy atom. The maximum Gasteiger partial charge on any atom is 0.263 e. The molecule has 0 aliphatic carbocycles. The lowest BCUT2D eigenvalue weighted by molar-refractivity contribution is 0.600. The van der Waals surface area contributed by atoms with E-state index in [1.54, 1.807) is 17.6 Å². The van der Waals surface area contributed by atoms with E-state index in [1.165, 1.54) is 18.3 Å². The van der Waals surface area contributed by atoms with Gasteiger partial charge < -0.3 is 10.3 Å². The van der Waals surface area contributed by atoms with Crippen molar-refractivity contribution in [3.05, 3.63) is 47.5 Å². The number of nitrogens with two attached hydrogens (primary N) is 1. The van der Waals surface area contributed by atoms with Crippen LogP contribution in [0.4, 0.5) is 10.1 Å². The molecule has 0 unspecified atom stereocenters. The van der Waals surface area contributed by atoms with Gasteiger partial charge in [0, 0.05) is 25.0 Å². The highest BCUT2D eigenvalue weighted by Crippen LogP contribution is 2.20. The topological polar surface area (TPSA) is 77.1 Å². The number of hydrogen-bond donors (Lipinski definition) is 2.